The molecule has 1 heterocycles. The van der Waals surface area contributed by atoms with Crippen LogP contribution in [-0.4, -0.2) is 47.8 Å². The van der Waals surface area contributed by atoms with Gasteiger partial charge in [-0.3, -0.25) is 9.59 Å². The lowest BCUT2D eigenvalue weighted by molar-refractivity contribution is -0.139. The van der Waals surface area contributed by atoms with Gasteiger partial charge < -0.3 is 9.80 Å². The van der Waals surface area contributed by atoms with Crippen LogP contribution < -0.4 is 0 Å². The van der Waals surface area contributed by atoms with Crippen LogP contribution in [0.2, 0.25) is 0 Å². The van der Waals surface area contributed by atoms with E-state index in [-0.39, 0.29) is 11.8 Å². The van der Waals surface area contributed by atoms with Crippen molar-refractivity contribution in [2.75, 3.05) is 26.2 Å². The van der Waals surface area contributed by atoms with E-state index in [9.17, 15) is 9.59 Å². The highest BCUT2D eigenvalue weighted by atomic mass is 16.2. The first-order valence-electron chi connectivity index (χ1n) is 8.24. The van der Waals surface area contributed by atoms with Crippen LogP contribution in [0.25, 0.3) is 0 Å². The van der Waals surface area contributed by atoms with Gasteiger partial charge in [0.1, 0.15) is 0 Å². The molecular weight excluding hydrogens is 252 g/mol. The summed E-state index contributed by atoms with van der Waals surface area (Å²) >= 11 is 0. The van der Waals surface area contributed by atoms with Gasteiger partial charge in [-0.1, -0.05) is 39.5 Å². The minimum atomic E-state index is 0.261. The van der Waals surface area contributed by atoms with Gasteiger partial charge in [-0.25, -0.2) is 0 Å². The Morgan fingerprint density at radius 1 is 0.700 bits per heavy atom. The summed E-state index contributed by atoms with van der Waals surface area (Å²) in [5.74, 6) is 0.521. The standard InChI is InChI=1S/C16H30N2O2/c1-3-5-7-9-15(19)17-11-13-18(14-12-17)16(20)10-8-6-4-2/h3-14H2,1-2H3. The van der Waals surface area contributed by atoms with E-state index < -0.39 is 0 Å². The molecule has 0 radical (unpaired) electrons. The minimum absolute atomic E-state index is 0.261. The number of hydrogen-bond acceptors (Lipinski definition) is 2. The summed E-state index contributed by atoms with van der Waals surface area (Å²) in [5, 5.41) is 0. The second kappa shape index (κ2) is 9.78. The molecule has 0 aromatic carbocycles. The number of nitrogens with zero attached hydrogens (tertiary/aromatic N) is 2. The summed E-state index contributed by atoms with van der Waals surface area (Å²) in [4.78, 5) is 27.8. The molecule has 0 bridgehead atoms. The van der Waals surface area contributed by atoms with Crippen molar-refractivity contribution in [2.45, 2.75) is 65.2 Å². The summed E-state index contributed by atoms with van der Waals surface area (Å²) in [6, 6.07) is 0. The number of rotatable bonds is 8. The predicted molar refractivity (Wildman–Crippen MR) is 81.4 cm³/mol. The van der Waals surface area contributed by atoms with Crippen molar-refractivity contribution in [2.24, 2.45) is 0 Å². The second-order valence-electron chi connectivity index (χ2n) is 5.68. The first-order chi connectivity index (χ1) is 9.69. The fraction of sp³-hybridized carbons (Fsp3) is 0.875. The van der Waals surface area contributed by atoms with Crippen molar-refractivity contribution >= 4 is 11.8 Å². The normalized spacial score (nSPS) is 15.5. The molecule has 20 heavy (non-hydrogen) atoms. The average molecular weight is 282 g/mol. The third-order valence-corrected chi connectivity index (χ3v) is 3.97. The number of amides is 2. The van der Waals surface area contributed by atoms with E-state index in [0.717, 1.165) is 38.5 Å². The smallest absolute Gasteiger partial charge is 0.222 e. The van der Waals surface area contributed by atoms with Crippen molar-refractivity contribution in [3.8, 4) is 0 Å². The largest absolute Gasteiger partial charge is 0.339 e. The maximum atomic E-state index is 12.0. The van der Waals surface area contributed by atoms with Gasteiger partial charge >= 0.3 is 0 Å². The Bertz CT molecular complexity index is 267. The highest BCUT2D eigenvalue weighted by Gasteiger charge is 2.23. The van der Waals surface area contributed by atoms with Crippen LogP contribution in [0.15, 0.2) is 0 Å². The quantitative estimate of drug-likeness (QED) is 0.642. The van der Waals surface area contributed by atoms with Crippen molar-refractivity contribution in [1.82, 2.24) is 9.80 Å². The molecule has 4 heteroatoms. The van der Waals surface area contributed by atoms with E-state index in [1.807, 2.05) is 9.80 Å². The van der Waals surface area contributed by atoms with E-state index in [0.29, 0.717) is 39.0 Å². The summed E-state index contributed by atoms with van der Waals surface area (Å²) in [6.45, 7) is 7.14. The molecule has 0 atom stereocenters. The molecule has 0 spiro atoms. The van der Waals surface area contributed by atoms with Crippen molar-refractivity contribution in [3.63, 3.8) is 0 Å². The van der Waals surface area contributed by atoms with Gasteiger partial charge in [-0.15, -0.1) is 0 Å². The molecule has 0 aromatic heterocycles. The van der Waals surface area contributed by atoms with Crippen molar-refractivity contribution in [3.05, 3.63) is 0 Å². The van der Waals surface area contributed by atoms with Gasteiger partial charge in [0, 0.05) is 39.0 Å². The Morgan fingerprint density at radius 3 is 1.35 bits per heavy atom. The van der Waals surface area contributed by atoms with Gasteiger partial charge in [-0.2, -0.15) is 0 Å². The van der Waals surface area contributed by atoms with Crippen LogP contribution in [0.3, 0.4) is 0 Å². The third-order valence-electron chi connectivity index (χ3n) is 3.97. The zero-order chi connectivity index (χ0) is 14.8. The van der Waals surface area contributed by atoms with Crippen LogP contribution in [0.5, 0.6) is 0 Å². The first-order valence-corrected chi connectivity index (χ1v) is 8.24. The summed E-state index contributed by atoms with van der Waals surface area (Å²) < 4.78 is 0. The van der Waals surface area contributed by atoms with Crippen molar-refractivity contribution in [1.29, 1.82) is 0 Å². The van der Waals surface area contributed by atoms with Crippen LogP contribution >= 0.6 is 0 Å². The Balaban J connectivity index is 2.21. The monoisotopic (exact) mass is 282 g/mol. The van der Waals surface area contributed by atoms with Gasteiger partial charge in [0.2, 0.25) is 11.8 Å². The van der Waals surface area contributed by atoms with Gasteiger partial charge in [0.05, 0.1) is 0 Å². The zero-order valence-electron chi connectivity index (χ0n) is 13.2. The lowest BCUT2D eigenvalue weighted by Gasteiger charge is -2.35. The molecule has 0 aliphatic carbocycles. The summed E-state index contributed by atoms with van der Waals surface area (Å²) in [5.41, 5.74) is 0. The number of carbonyl (C=O) groups is 2. The van der Waals surface area contributed by atoms with E-state index in [1.165, 1.54) is 0 Å². The number of unbranched alkanes of at least 4 members (excludes halogenated alkanes) is 4. The molecule has 0 unspecified atom stereocenters. The Labute approximate surface area is 123 Å². The minimum Gasteiger partial charge on any atom is -0.339 e. The molecule has 0 saturated carbocycles. The van der Waals surface area contributed by atoms with E-state index in [4.69, 9.17) is 0 Å². The molecule has 4 nitrogen and oxygen atoms in total. The molecule has 1 saturated heterocycles. The number of piperazine rings is 1. The van der Waals surface area contributed by atoms with Gasteiger partial charge in [-0.05, 0) is 12.8 Å². The molecule has 1 aliphatic heterocycles. The Hall–Kier alpha value is -1.06. The SMILES string of the molecule is CCCCCC(=O)N1CCN(C(=O)CCCCC)CC1. The summed E-state index contributed by atoms with van der Waals surface area (Å²) in [6.07, 6.45) is 7.86. The second-order valence-corrected chi connectivity index (χ2v) is 5.68. The Kier molecular flexibility index (Phi) is 8.31. The predicted octanol–water partition coefficient (Wildman–Crippen LogP) is 2.82. The lowest BCUT2D eigenvalue weighted by Crippen LogP contribution is -2.50. The molecule has 1 fully saturated rings. The van der Waals surface area contributed by atoms with Crippen LogP contribution in [-0.2, 0) is 9.59 Å². The zero-order valence-corrected chi connectivity index (χ0v) is 13.2. The number of hydrogen-bond donors (Lipinski definition) is 0. The highest BCUT2D eigenvalue weighted by molar-refractivity contribution is 5.78. The molecular formula is C16H30N2O2. The van der Waals surface area contributed by atoms with Crippen molar-refractivity contribution < 1.29 is 9.59 Å². The molecule has 0 aromatic rings. The summed E-state index contributed by atoms with van der Waals surface area (Å²) in [7, 11) is 0. The first kappa shape index (κ1) is 17.0. The van der Waals surface area contributed by atoms with Crippen LogP contribution in [0.1, 0.15) is 65.2 Å². The molecule has 1 rings (SSSR count). The maximum absolute atomic E-state index is 12.0. The van der Waals surface area contributed by atoms with E-state index in [2.05, 4.69) is 13.8 Å². The average Bonchev–Trinajstić information content (AvgIpc) is 2.47. The van der Waals surface area contributed by atoms with E-state index in [1.54, 1.807) is 0 Å². The maximum Gasteiger partial charge on any atom is 0.222 e. The molecule has 0 N–H and O–H groups in total. The number of carbonyl (C=O) groups excluding carboxylic acids is 2. The van der Waals surface area contributed by atoms with Gasteiger partial charge in [0.15, 0.2) is 0 Å². The fourth-order valence-corrected chi connectivity index (χ4v) is 2.57. The molecule has 1 aliphatic rings. The van der Waals surface area contributed by atoms with Crippen LogP contribution in [0, 0.1) is 0 Å². The fourth-order valence-electron chi connectivity index (χ4n) is 2.57. The molecule has 2 amide bonds. The molecule has 116 valence electrons. The van der Waals surface area contributed by atoms with Crippen LogP contribution in [0.4, 0.5) is 0 Å². The highest BCUT2D eigenvalue weighted by Crippen LogP contribution is 2.10. The van der Waals surface area contributed by atoms with E-state index >= 15 is 0 Å². The third kappa shape index (κ3) is 5.93. The Morgan fingerprint density at radius 2 is 1.05 bits per heavy atom. The topological polar surface area (TPSA) is 40.6 Å². The van der Waals surface area contributed by atoms with Gasteiger partial charge in [0.25, 0.3) is 0 Å². The lowest BCUT2D eigenvalue weighted by atomic mass is 10.1.